The van der Waals surface area contributed by atoms with Gasteiger partial charge in [-0.25, -0.2) is 9.97 Å². The van der Waals surface area contributed by atoms with Crippen molar-refractivity contribution >= 4 is 11.6 Å². The number of aromatic nitrogens is 2. The fourth-order valence-electron chi connectivity index (χ4n) is 3.11. The lowest BCUT2D eigenvalue weighted by Crippen LogP contribution is -2.29. The zero-order chi connectivity index (χ0) is 15.3. The van der Waals surface area contributed by atoms with Gasteiger partial charge in [0.2, 0.25) is 0 Å². The molecule has 1 fully saturated rings. The molecule has 0 amide bonds. The average molecular weight is 290 g/mol. The molecule has 0 spiro atoms. The maximum Gasteiger partial charge on any atom is 0.134 e. The van der Waals surface area contributed by atoms with Crippen molar-refractivity contribution in [1.29, 1.82) is 0 Å². The lowest BCUT2D eigenvalue weighted by Gasteiger charge is -2.34. The van der Waals surface area contributed by atoms with Crippen LogP contribution in [-0.4, -0.2) is 23.1 Å². The zero-order valence-corrected chi connectivity index (χ0v) is 14.1. The van der Waals surface area contributed by atoms with Gasteiger partial charge in [0, 0.05) is 25.1 Å². The standard InChI is InChI=1S/C17H30N4/c1-5-14-20-15(18-6-2)13(3)16(21-14)19-12-17(4)10-8-7-9-11-17/h5-12H2,1-4H3,(H2,18,19,20,21). The Morgan fingerprint density at radius 2 is 1.62 bits per heavy atom. The van der Waals surface area contributed by atoms with E-state index in [1.54, 1.807) is 0 Å². The van der Waals surface area contributed by atoms with Crippen molar-refractivity contribution in [2.24, 2.45) is 5.41 Å². The normalized spacial score (nSPS) is 17.5. The number of anilines is 2. The highest BCUT2D eigenvalue weighted by molar-refractivity contribution is 5.57. The van der Waals surface area contributed by atoms with Crippen molar-refractivity contribution in [2.45, 2.75) is 66.2 Å². The molecule has 2 rings (SSSR count). The monoisotopic (exact) mass is 290 g/mol. The van der Waals surface area contributed by atoms with E-state index in [9.17, 15) is 0 Å². The predicted molar refractivity (Wildman–Crippen MR) is 90.0 cm³/mol. The highest BCUT2D eigenvalue weighted by atomic mass is 15.1. The Morgan fingerprint density at radius 3 is 2.19 bits per heavy atom. The Morgan fingerprint density at radius 1 is 1.00 bits per heavy atom. The summed E-state index contributed by atoms with van der Waals surface area (Å²) in [5.41, 5.74) is 1.55. The molecule has 1 heterocycles. The summed E-state index contributed by atoms with van der Waals surface area (Å²) in [5.74, 6) is 2.89. The second-order valence-electron chi connectivity index (χ2n) is 6.57. The van der Waals surface area contributed by atoms with Crippen LogP contribution >= 0.6 is 0 Å². The SMILES string of the molecule is CCNc1nc(CC)nc(NCC2(C)CCCCC2)c1C. The van der Waals surface area contributed by atoms with Crippen molar-refractivity contribution in [3.63, 3.8) is 0 Å². The van der Waals surface area contributed by atoms with E-state index in [-0.39, 0.29) is 0 Å². The van der Waals surface area contributed by atoms with Crippen LogP contribution in [0.4, 0.5) is 11.6 Å². The number of hydrogen-bond acceptors (Lipinski definition) is 4. The minimum Gasteiger partial charge on any atom is -0.370 e. The van der Waals surface area contributed by atoms with Crippen molar-refractivity contribution in [3.8, 4) is 0 Å². The number of aryl methyl sites for hydroxylation is 1. The molecule has 1 aromatic heterocycles. The molecule has 0 unspecified atom stereocenters. The van der Waals surface area contributed by atoms with Gasteiger partial charge in [-0.1, -0.05) is 33.1 Å². The molecule has 0 radical (unpaired) electrons. The van der Waals surface area contributed by atoms with Crippen molar-refractivity contribution < 1.29 is 0 Å². The summed E-state index contributed by atoms with van der Waals surface area (Å²) in [4.78, 5) is 9.28. The molecule has 1 saturated carbocycles. The van der Waals surface area contributed by atoms with Crippen LogP contribution in [0.25, 0.3) is 0 Å². The zero-order valence-electron chi connectivity index (χ0n) is 14.1. The van der Waals surface area contributed by atoms with Gasteiger partial charge in [-0.15, -0.1) is 0 Å². The fraction of sp³-hybridized carbons (Fsp3) is 0.765. The lowest BCUT2D eigenvalue weighted by atomic mass is 9.76. The Hall–Kier alpha value is -1.32. The topological polar surface area (TPSA) is 49.8 Å². The van der Waals surface area contributed by atoms with E-state index < -0.39 is 0 Å². The quantitative estimate of drug-likeness (QED) is 0.826. The van der Waals surface area contributed by atoms with Crippen LogP contribution in [0.15, 0.2) is 0 Å². The molecule has 21 heavy (non-hydrogen) atoms. The molecule has 4 heteroatoms. The molecule has 4 nitrogen and oxygen atoms in total. The fourth-order valence-corrected chi connectivity index (χ4v) is 3.11. The first-order chi connectivity index (χ1) is 10.1. The van der Waals surface area contributed by atoms with Gasteiger partial charge in [0.1, 0.15) is 17.5 Å². The molecular weight excluding hydrogens is 260 g/mol. The third kappa shape index (κ3) is 4.08. The van der Waals surface area contributed by atoms with Gasteiger partial charge in [0.15, 0.2) is 0 Å². The summed E-state index contributed by atoms with van der Waals surface area (Å²) in [6.07, 6.45) is 7.64. The van der Waals surface area contributed by atoms with Crippen molar-refractivity contribution in [3.05, 3.63) is 11.4 Å². The van der Waals surface area contributed by atoms with E-state index >= 15 is 0 Å². The van der Waals surface area contributed by atoms with E-state index in [0.29, 0.717) is 5.41 Å². The summed E-state index contributed by atoms with van der Waals surface area (Å²) < 4.78 is 0. The predicted octanol–water partition coefficient (Wildman–Crippen LogP) is 4.16. The van der Waals surface area contributed by atoms with E-state index in [0.717, 1.165) is 42.5 Å². The first kappa shape index (κ1) is 16.1. The second-order valence-corrected chi connectivity index (χ2v) is 6.57. The van der Waals surface area contributed by atoms with E-state index in [1.807, 2.05) is 0 Å². The highest BCUT2D eigenvalue weighted by Gasteiger charge is 2.27. The Bertz CT molecular complexity index is 464. The molecule has 2 N–H and O–H groups in total. The molecule has 0 bridgehead atoms. The van der Waals surface area contributed by atoms with Gasteiger partial charge in [0.05, 0.1) is 0 Å². The Kier molecular flexibility index (Phi) is 5.43. The molecule has 0 atom stereocenters. The number of rotatable bonds is 6. The number of nitrogens with one attached hydrogen (secondary N) is 2. The van der Waals surface area contributed by atoms with E-state index in [2.05, 4.69) is 48.3 Å². The molecule has 0 aromatic carbocycles. The smallest absolute Gasteiger partial charge is 0.134 e. The van der Waals surface area contributed by atoms with Crippen LogP contribution < -0.4 is 10.6 Å². The molecule has 0 saturated heterocycles. The third-order valence-corrected chi connectivity index (χ3v) is 4.60. The molecule has 1 aromatic rings. The van der Waals surface area contributed by atoms with E-state index in [1.165, 1.54) is 32.1 Å². The van der Waals surface area contributed by atoms with E-state index in [4.69, 9.17) is 0 Å². The molecule has 0 aliphatic heterocycles. The summed E-state index contributed by atoms with van der Waals surface area (Å²) in [7, 11) is 0. The largest absolute Gasteiger partial charge is 0.370 e. The Balaban J connectivity index is 2.12. The number of nitrogens with zero attached hydrogens (tertiary/aromatic N) is 2. The van der Waals surface area contributed by atoms with Crippen LogP contribution in [0.2, 0.25) is 0 Å². The third-order valence-electron chi connectivity index (χ3n) is 4.60. The first-order valence-electron chi connectivity index (χ1n) is 8.43. The summed E-state index contributed by atoms with van der Waals surface area (Å²) in [6, 6.07) is 0. The lowest BCUT2D eigenvalue weighted by molar-refractivity contribution is 0.233. The molecule has 1 aliphatic rings. The first-order valence-corrected chi connectivity index (χ1v) is 8.43. The van der Waals surface area contributed by atoms with Crippen LogP contribution in [0.3, 0.4) is 0 Å². The van der Waals surface area contributed by atoms with Gasteiger partial charge in [-0.2, -0.15) is 0 Å². The molecule has 1 aliphatic carbocycles. The molecule has 118 valence electrons. The minimum absolute atomic E-state index is 0.417. The van der Waals surface area contributed by atoms with Crippen molar-refractivity contribution in [1.82, 2.24) is 9.97 Å². The second kappa shape index (κ2) is 7.10. The van der Waals surface area contributed by atoms with Crippen molar-refractivity contribution in [2.75, 3.05) is 23.7 Å². The summed E-state index contributed by atoms with van der Waals surface area (Å²) >= 11 is 0. The molecular formula is C17H30N4. The maximum atomic E-state index is 4.69. The van der Waals surface area contributed by atoms with Gasteiger partial charge in [-0.05, 0) is 32.1 Å². The summed E-state index contributed by atoms with van der Waals surface area (Å²) in [5, 5.41) is 6.95. The van der Waals surface area contributed by atoms with Crippen LogP contribution in [0.5, 0.6) is 0 Å². The maximum absolute atomic E-state index is 4.69. The van der Waals surface area contributed by atoms with Gasteiger partial charge < -0.3 is 10.6 Å². The minimum atomic E-state index is 0.417. The highest BCUT2D eigenvalue weighted by Crippen LogP contribution is 2.36. The van der Waals surface area contributed by atoms with Gasteiger partial charge in [-0.3, -0.25) is 0 Å². The van der Waals surface area contributed by atoms with Crippen LogP contribution in [-0.2, 0) is 6.42 Å². The van der Waals surface area contributed by atoms with Gasteiger partial charge in [0.25, 0.3) is 0 Å². The Labute approximate surface area is 129 Å². The van der Waals surface area contributed by atoms with Crippen LogP contribution in [0, 0.1) is 12.3 Å². The van der Waals surface area contributed by atoms with Gasteiger partial charge >= 0.3 is 0 Å². The van der Waals surface area contributed by atoms with Crippen LogP contribution in [0.1, 0.15) is 64.3 Å². The summed E-state index contributed by atoms with van der Waals surface area (Å²) in [6.45, 7) is 10.6. The number of hydrogen-bond donors (Lipinski definition) is 2. The average Bonchev–Trinajstić information content (AvgIpc) is 2.49.